The Balaban J connectivity index is 2.21. The fraction of sp³-hybridized carbons (Fsp3) is 0.125. The molecule has 0 heterocycles. The van der Waals surface area contributed by atoms with E-state index < -0.39 is 0 Å². The average molecular weight is 342 g/mol. The molecule has 0 aliphatic heterocycles. The van der Waals surface area contributed by atoms with Gasteiger partial charge in [-0.05, 0) is 17.7 Å². The van der Waals surface area contributed by atoms with E-state index in [1.165, 1.54) is 0 Å². The molecule has 2 radical (unpaired) electrons. The van der Waals surface area contributed by atoms with Gasteiger partial charge in [0, 0.05) is 23.6 Å². The Hall–Kier alpha value is -1.88. The number of carbonyl (C=O) groups is 2. The summed E-state index contributed by atoms with van der Waals surface area (Å²) in [5.41, 5.74) is 2.34. The highest BCUT2D eigenvalue weighted by Gasteiger charge is 2.15. The molecule has 0 aliphatic carbocycles. The van der Waals surface area contributed by atoms with Crippen LogP contribution in [-0.4, -0.2) is 32.0 Å². The van der Waals surface area contributed by atoms with Gasteiger partial charge in [0.05, 0.1) is 5.56 Å². The summed E-state index contributed by atoms with van der Waals surface area (Å²) in [5.74, 6) is -0.198. The molecule has 0 unspecified atom stereocenters. The van der Waals surface area contributed by atoms with E-state index in [4.69, 9.17) is 7.85 Å². The average Bonchev–Trinajstić information content (AvgIpc) is 2.45. The molecule has 0 saturated carbocycles. The van der Waals surface area contributed by atoms with Gasteiger partial charge in [-0.15, -0.1) is 0 Å². The third kappa shape index (κ3) is 3.82. The van der Waals surface area contributed by atoms with Crippen molar-refractivity contribution in [3.63, 3.8) is 0 Å². The fourth-order valence-corrected chi connectivity index (χ4v) is 2.67. The van der Waals surface area contributed by atoms with E-state index in [1.54, 1.807) is 42.3 Å². The number of carbonyl (C=O) groups excluding carboxylic acids is 2. The van der Waals surface area contributed by atoms with Crippen LogP contribution < -0.4 is 5.46 Å². The topological polar surface area (TPSA) is 37.4 Å². The van der Waals surface area contributed by atoms with Crippen molar-refractivity contribution in [3.05, 3.63) is 63.6 Å². The van der Waals surface area contributed by atoms with Crippen LogP contribution >= 0.6 is 15.9 Å². The van der Waals surface area contributed by atoms with Gasteiger partial charge in [0.1, 0.15) is 7.85 Å². The second kappa shape index (κ2) is 6.72. The molecule has 2 aromatic carbocycles. The number of nitrogens with zero attached hydrogens (tertiary/aromatic N) is 1. The van der Waals surface area contributed by atoms with Gasteiger partial charge in [0.15, 0.2) is 6.29 Å². The van der Waals surface area contributed by atoms with E-state index in [1.807, 2.05) is 12.1 Å². The molecule has 104 valence electrons. The van der Waals surface area contributed by atoms with Gasteiger partial charge in [-0.3, -0.25) is 9.59 Å². The molecule has 0 spiro atoms. The lowest BCUT2D eigenvalue weighted by Gasteiger charge is -2.18. The number of hydrogen-bond acceptors (Lipinski definition) is 2. The van der Waals surface area contributed by atoms with Crippen LogP contribution in [0.4, 0.5) is 0 Å². The third-order valence-corrected chi connectivity index (χ3v) is 3.52. The van der Waals surface area contributed by atoms with E-state index in [0.717, 1.165) is 10.0 Å². The fourth-order valence-electron chi connectivity index (χ4n) is 2.11. The van der Waals surface area contributed by atoms with E-state index >= 15 is 0 Å². The Morgan fingerprint density at radius 1 is 1.29 bits per heavy atom. The standard InChI is InChI=1S/C16H13BBrNO2/c1-19(9-11-6-13(17)8-14(18)7-11)16(21)15-5-3-2-4-12(15)10-20/h2-8,10H,9H2,1H3. The highest BCUT2D eigenvalue weighted by Crippen LogP contribution is 2.14. The molecule has 0 fully saturated rings. The van der Waals surface area contributed by atoms with Gasteiger partial charge in [-0.1, -0.05) is 51.7 Å². The first-order valence-electron chi connectivity index (χ1n) is 6.36. The van der Waals surface area contributed by atoms with Crippen molar-refractivity contribution in [1.82, 2.24) is 4.90 Å². The molecule has 5 heteroatoms. The van der Waals surface area contributed by atoms with Gasteiger partial charge in [0.25, 0.3) is 5.91 Å². The molecule has 0 atom stereocenters. The summed E-state index contributed by atoms with van der Waals surface area (Å²) in [5, 5.41) is 0. The maximum atomic E-state index is 12.4. The zero-order valence-electron chi connectivity index (χ0n) is 11.5. The molecule has 0 aliphatic rings. The normalized spacial score (nSPS) is 10.2. The molecular formula is C16H13BBrNO2. The Kier molecular flexibility index (Phi) is 4.96. The second-order valence-electron chi connectivity index (χ2n) is 4.76. The van der Waals surface area contributed by atoms with Crippen molar-refractivity contribution < 1.29 is 9.59 Å². The van der Waals surface area contributed by atoms with Crippen molar-refractivity contribution in [2.75, 3.05) is 7.05 Å². The number of benzene rings is 2. The first-order valence-corrected chi connectivity index (χ1v) is 7.15. The van der Waals surface area contributed by atoms with Crippen LogP contribution in [0.3, 0.4) is 0 Å². The molecular weight excluding hydrogens is 329 g/mol. The summed E-state index contributed by atoms with van der Waals surface area (Å²) in [6, 6.07) is 12.3. The monoisotopic (exact) mass is 341 g/mol. The summed E-state index contributed by atoms with van der Waals surface area (Å²) in [6.45, 7) is 0.412. The van der Waals surface area contributed by atoms with Crippen molar-refractivity contribution in [3.8, 4) is 0 Å². The molecule has 1 amide bonds. The summed E-state index contributed by atoms with van der Waals surface area (Å²) < 4.78 is 0.867. The predicted octanol–water partition coefficient (Wildman–Crippen LogP) is 2.33. The highest BCUT2D eigenvalue weighted by atomic mass is 79.9. The molecule has 0 aromatic heterocycles. The van der Waals surface area contributed by atoms with Crippen LogP contribution in [0.5, 0.6) is 0 Å². The molecule has 2 aromatic rings. The zero-order valence-corrected chi connectivity index (χ0v) is 13.1. The van der Waals surface area contributed by atoms with E-state index in [9.17, 15) is 9.59 Å². The first-order chi connectivity index (χ1) is 10.0. The zero-order chi connectivity index (χ0) is 15.4. The van der Waals surface area contributed by atoms with Gasteiger partial charge < -0.3 is 4.90 Å². The number of aldehydes is 1. The first kappa shape index (κ1) is 15.5. The van der Waals surface area contributed by atoms with E-state index in [-0.39, 0.29) is 5.91 Å². The maximum absolute atomic E-state index is 12.4. The third-order valence-electron chi connectivity index (χ3n) is 3.06. The maximum Gasteiger partial charge on any atom is 0.254 e. The Bertz CT molecular complexity index is 667. The minimum absolute atomic E-state index is 0.198. The molecule has 0 N–H and O–H groups in total. The summed E-state index contributed by atoms with van der Waals surface area (Å²) in [4.78, 5) is 25.0. The summed E-state index contributed by atoms with van der Waals surface area (Å²) >= 11 is 3.38. The van der Waals surface area contributed by atoms with Gasteiger partial charge in [-0.2, -0.15) is 0 Å². The second-order valence-corrected chi connectivity index (χ2v) is 5.67. The Morgan fingerprint density at radius 2 is 2.00 bits per heavy atom. The van der Waals surface area contributed by atoms with Crippen molar-refractivity contribution in [1.29, 1.82) is 0 Å². The van der Waals surface area contributed by atoms with Crippen LogP contribution in [0.1, 0.15) is 26.3 Å². The largest absolute Gasteiger partial charge is 0.337 e. The van der Waals surface area contributed by atoms with Crippen molar-refractivity contribution in [2.24, 2.45) is 0 Å². The molecule has 0 saturated heterocycles. The lowest BCUT2D eigenvalue weighted by Crippen LogP contribution is -2.27. The lowest BCUT2D eigenvalue weighted by atomic mass is 9.94. The number of rotatable bonds is 4. The quantitative estimate of drug-likeness (QED) is 0.632. The predicted molar refractivity (Wildman–Crippen MR) is 87.2 cm³/mol. The molecule has 0 bridgehead atoms. The summed E-state index contributed by atoms with van der Waals surface area (Å²) in [6.07, 6.45) is 0.693. The summed E-state index contributed by atoms with van der Waals surface area (Å²) in [7, 11) is 7.48. The lowest BCUT2D eigenvalue weighted by molar-refractivity contribution is 0.0782. The van der Waals surface area contributed by atoms with Crippen LogP contribution in [0.25, 0.3) is 0 Å². The minimum atomic E-state index is -0.198. The number of hydrogen-bond donors (Lipinski definition) is 0. The number of amides is 1. The number of halogens is 1. The minimum Gasteiger partial charge on any atom is -0.337 e. The van der Waals surface area contributed by atoms with Crippen LogP contribution in [0.15, 0.2) is 46.9 Å². The smallest absolute Gasteiger partial charge is 0.254 e. The SMILES string of the molecule is [B]c1cc(Br)cc(CN(C)C(=O)c2ccccc2C=O)c1. The molecule has 2 rings (SSSR count). The van der Waals surface area contributed by atoms with Crippen LogP contribution in [-0.2, 0) is 6.54 Å². The van der Waals surface area contributed by atoms with E-state index in [0.29, 0.717) is 29.4 Å². The van der Waals surface area contributed by atoms with Crippen LogP contribution in [0, 0.1) is 0 Å². The van der Waals surface area contributed by atoms with Gasteiger partial charge in [0.2, 0.25) is 0 Å². The Morgan fingerprint density at radius 3 is 2.67 bits per heavy atom. The molecule has 3 nitrogen and oxygen atoms in total. The molecule has 21 heavy (non-hydrogen) atoms. The van der Waals surface area contributed by atoms with Crippen molar-refractivity contribution in [2.45, 2.75) is 6.54 Å². The van der Waals surface area contributed by atoms with Gasteiger partial charge in [-0.25, -0.2) is 0 Å². The van der Waals surface area contributed by atoms with Gasteiger partial charge >= 0.3 is 0 Å². The van der Waals surface area contributed by atoms with Crippen LogP contribution in [0.2, 0.25) is 0 Å². The van der Waals surface area contributed by atoms with E-state index in [2.05, 4.69) is 15.9 Å². The van der Waals surface area contributed by atoms with Crippen molar-refractivity contribution >= 4 is 41.4 Å². The Labute approximate surface area is 133 Å². The highest BCUT2D eigenvalue weighted by molar-refractivity contribution is 9.10.